The van der Waals surface area contributed by atoms with E-state index in [4.69, 9.17) is 4.74 Å². The van der Waals surface area contributed by atoms with Gasteiger partial charge in [0.05, 0.1) is 18.0 Å². The molecule has 2 aromatic heterocycles. The second kappa shape index (κ2) is 5.22. The Labute approximate surface area is 123 Å². The molecule has 2 heterocycles. The Balaban J connectivity index is 2.12. The van der Waals surface area contributed by atoms with Crippen molar-refractivity contribution < 1.29 is 4.74 Å². The molecule has 1 aromatic carbocycles. The molecule has 5 nitrogen and oxygen atoms in total. The van der Waals surface area contributed by atoms with Crippen LogP contribution in [0.5, 0.6) is 0 Å². The molecule has 0 bridgehead atoms. The summed E-state index contributed by atoms with van der Waals surface area (Å²) in [4.78, 5) is 16.4. The van der Waals surface area contributed by atoms with Crippen molar-refractivity contribution in [1.82, 2.24) is 14.6 Å². The maximum absolute atomic E-state index is 12.0. The second-order valence-electron chi connectivity index (χ2n) is 4.39. The number of H-pyrrole nitrogens is 1. The van der Waals surface area contributed by atoms with Crippen molar-refractivity contribution >= 4 is 21.6 Å². The highest BCUT2D eigenvalue weighted by atomic mass is 79.9. The molecule has 0 amide bonds. The lowest BCUT2D eigenvalue weighted by Crippen LogP contribution is -2.15. The van der Waals surface area contributed by atoms with Gasteiger partial charge in [-0.2, -0.15) is 0 Å². The van der Waals surface area contributed by atoms with Gasteiger partial charge in [-0.3, -0.25) is 9.89 Å². The van der Waals surface area contributed by atoms with Crippen molar-refractivity contribution in [3.63, 3.8) is 0 Å². The van der Waals surface area contributed by atoms with Gasteiger partial charge in [0, 0.05) is 23.7 Å². The summed E-state index contributed by atoms with van der Waals surface area (Å²) < 4.78 is 7.45. The average molecular weight is 334 g/mol. The first-order chi connectivity index (χ1) is 9.67. The normalized spacial score (nSPS) is 11.1. The maximum Gasteiger partial charge on any atom is 0.272 e. The number of halogens is 1. The smallest absolute Gasteiger partial charge is 0.272 e. The number of hydrogen-bond donors (Lipinski definition) is 1. The molecular weight excluding hydrogens is 322 g/mol. The molecule has 0 unspecified atom stereocenters. The first kappa shape index (κ1) is 13.1. The fraction of sp³-hybridized carbons (Fsp3) is 0.143. The minimum atomic E-state index is -0.148. The summed E-state index contributed by atoms with van der Waals surface area (Å²) in [5.74, 6) is 0. The zero-order chi connectivity index (χ0) is 14.1. The summed E-state index contributed by atoms with van der Waals surface area (Å²) in [5, 5.41) is 3.05. The van der Waals surface area contributed by atoms with Gasteiger partial charge in [-0.15, -0.1) is 0 Å². The maximum atomic E-state index is 12.0. The molecule has 0 fully saturated rings. The molecule has 0 aliphatic carbocycles. The Morgan fingerprint density at radius 3 is 2.75 bits per heavy atom. The minimum absolute atomic E-state index is 0.148. The van der Waals surface area contributed by atoms with E-state index in [0.29, 0.717) is 17.9 Å². The highest BCUT2D eigenvalue weighted by Gasteiger charge is 2.07. The summed E-state index contributed by atoms with van der Waals surface area (Å²) in [5.41, 5.74) is 2.90. The summed E-state index contributed by atoms with van der Waals surface area (Å²) >= 11 is 3.40. The van der Waals surface area contributed by atoms with Crippen molar-refractivity contribution in [1.29, 1.82) is 0 Å². The van der Waals surface area contributed by atoms with E-state index in [-0.39, 0.29) is 5.56 Å². The van der Waals surface area contributed by atoms with Crippen molar-refractivity contribution in [3.05, 3.63) is 56.9 Å². The molecule has 1 N–H and O–H groups in total. The number of nitrogens with zero attached hydrogens (tertiary/aromatic N) is 2. The third-order valence-corrected chi connectivity index (χ3v) is 3.48. The van der Waals surface area contributed by atoms with E-state index in [1.165, 1.54) is 10.6 Å². The molecule has 0 saturated heterocycles. The number of ether oxygens (including phenoxy) is 1. The van der Waals surface area contributed by atoms with Gasteiger partial charge in [-0.05, 0) is 17.7 Å². The van der Waals surface area contributed by atoms with E-state index in [0.717, 1.165) is 15.7 Å². The zero-order valence-electron chi connectivity index (χ0n) is 10.8. The standard InChI is InChI=1S/C14H12BrN3O2/c1-20-8-11-6-14(19)18-13(16-11)7-12(17-18)9-2-4-10(15)5-3-9/h2-7,17H,8H2,1H3. The lowest BCUT2D eigenvalue weighted by molar-refractivity contribution is 0.181. The predicted octanol–water partition coefficient (Wildman–Crippen LogP) is 2.60. The zero-order valence-corrected chi connectivity index (χ0v) is 12.3. The van der Waals surface area contributed by atoms with Gasteiger partial charge in [-0.1, -0.05) is 28.1 Å². The molecule has 0 spiro atoms. The fourth-order valence-electron chi connectivity index (χ4n) is 2.04. The number of fused-ring (bicyclic) bond motifs is 1. The van der Waals surface area contributed by atoms with Crippen LogP contribution in [-0.2, 0) is 11.3 Å². The quantitative estimate of drug-likeness (QED) is 0.801. The predicted molar refractivity (Wildman–Crippen MR) is 79.7 cm³/mol. The number of aromatic nitrogens is 3. The Morgan fingerprint density at radius 2 is 2.05 bits per heavy atom. The Morgan fingerprint density at radius 1 is 1.30 bits per heavy atom. The molecule has 0 saturated carbocycles. The van der Waals surface area contributed by atoms with Crippen LogP contribution in [0.1, 0.15) is 5.69 Å². The molecule has 0 atom stereocenters. The van der Waals surface area contributed by atoms with Gasteiger partial charge in [-0.25, -0.2) is 9.50 Å². The van der Waals surface area contributed by atoms with Gasteiger partial charge in [0.1, 0.15) is 0 Å². The topological polar surface area (TPSA) is 59.4 Å². The van der Waals surface area contributed by atoms with E-state index in [1.54, 1.807) is 7.11 Å². The number of methoxy groups -OCH3 is 1. The minimum Gasteiger partial charge on any atom is -0.378 e. The van der Waals surface area contributed by atoms with E-state index in [2.05, 4.69) is 26.0 Å². The van der Waals surface area contributed by atoms with Crippen LogP contribution in [0, 0.1) is 0 Å². The van der Waals surface area contributed by atoms with Crippen molar-refractivity contribution in [2.75, 3.05) is 7.11 Å². The molecular formula is C14H12BrN3O2. The van der Waals surface area contributed by atoms with Crippen LogP contribution in [0.3, 0.4) is 0 Å². The third-order valence-electron chi connectivity index (χ3n) is 2.95. The van der Waals surface area contributed by atoms with E-state index < -0.39 is 0 Å². The highest BCUT2D eigenvalue weighted by Crippen LogP contribution is 2.21. The molecule has 0 aliphatic rings. The van der Waals surface area contributed by atoms with Crippen molar-refractivity contribution in [2.45, 2.75) is 6.61 Å². The summed E-state index contributed by atoms with van der Waals surface area (Å²) in [6.07, 6.45) is 0. The molecule has 102 valence electrons. The summed E-state index contributed by atoms with van der Waals surface area (Å²) in [6, 6.07) is 11.2. The van der Waals surface area contributed by atoms with Crippen LogP contribution in [0.2, 0.25) is 0 Å². The van der Waals surface area contributed by atoms with Crippen LogP contribution in [0.25, 0.3) is 16.9 Å². The molecule has 0 aliphatic heterocycles. The Kier molecular flexibility index (Phi) is 3.42. The molecule has 6 heteroatoms. The van der Waals surface area contributed by atoms with Crippen LogP contribution in [-0.4, -0.2) is 21.7 Å². The number of benzene rings is 1. The average Bonchev–Trinajstić information content (AvgIpc) is 2.84. The van der Waals surface area contributed by atoms with Gasteiger partial charge >= 0.3 is 0 Å². The van der Waals surface area contributed by atoms with E-state index >= 15 is 0 Å². The van der Waals surface area contributed by atoms with E-state index in [1.807, 2.05) is 30.3 Å². The van der Waals surface area contributed by atoms with E-state index in [9.17, 15) is 4.79 Å². The fourth-order valence-corrected chi connectivity index (χ4v) is 2.30. The first-order valence-electron chi connectivity index (χ1n) is 6.04. The molecule has 3 aromatic rings. The number of aromatic amines is 1. The lowest BCUT2D eigenvalue weighted by Gasteiger charge is -1.98. The van der Waals surface area contributed by atoms with Gasteiger partial charge in [0.2, 0.25) is 0 Å². The first-order valence-corrected chi connectivity index (χ1v) is 6.83. The third kappa shape index (κ3) is 2.39. The molecule has 0 radical (unpaired) electrons. The second-order valence-corrected chi connectivity index (χ2v) is 5.30. The molecule has 20 heavy (non-hydrogen) atoms. The van der Waals surface area contributed by atoms with Gasteiger partial charge < -0.3 is 4.74 Å². The summed E-state index contributed by atoms with van der Waals surface area (Å²) in [7, 11) is 1.58. The van der Waals surface area contributed by atoms with Crippen LogP contribution >= 0.6 is 15.9 Å². The highest BCUT2D eigenvalue weighted by molar-refractivity contribution is 9.10. The van der Waals surface area contributed by atoms with Crippen molar-refractivity contribution in [3.8, 4) is 11.3 Å². The van der Waals surface area contributed by atoms with Crippen molar-refractivity contribution in [2.24, 2.45) is 0 Å². The lowest BCUT2D eigenvalue weighted by atomic mass is 10.2. The van der Waals surface area contributed by atoms with Crippen LogP contribution in [0.15, 0.2) is 45.7 Å². The van der Waals surface area contributed by atoms with Gasteiger partial charge in [0.15, 0.2) is 5.65 Å². The molecule has 3 rings (SSSR count). The SMILES string of the molecule is COCc1cc(=O)n2[nH]c(-c3ccc(Br)cc3)cc2n1. The summed E-state index contributed by atoms with van der Waals surface area (Å²) in [6.45, 7) is 0.324. The van der Waals surface area contributed by atoms with Crippen LogP contribution in [0.4, 0.5) is 0 Å². The van der Waals surface area contributed by atoms with Gasteiger partial charge in [0.25, 0.3) is 5.56 Å². The number of nitrogens with one attached hydrogen (secondary N) is 1. The van der Waals surface area contributed by atoms with Crippen LogP contribution < -0.4 is 5.56 Å². The number of hydrogen-bond acceptors (Lipinski definition) is 3. The number of rotatable bonds is 3. The largest absolute Gasteiger partial charge is 0.378 e. The Hall–Kier alpha value is -1.92. The monoisotopic (exact) mass is 333 g/mol. The Bertz CT molecular complexity index is 805.